The summed E-state index contributed by atoms with van der Waals surface area (Å²) in [7, 11) is 4.78. The summed E-state index contributed by atoms with van der Waals surface area (Å²) >= 11 is 0. The maximum Gasteiger partial charge on any atom is 0.278 e. The number of nitrogens with one attached hydrogen (secondary N) is 5. The van der Waals surface area contributed by atoms with Gasteiger partial charge in [0.15, 0.2) is 11.5 Å². The van der Waals surface area contributed by atoms with Crippen LogP contribution in [0.1, 0.15) is 17.4 Å². The number of carbonyl (C=O) groups is 2. The van der Waals surface area contributed by atoms with E-state index in [0.717, 1.165) is 6.21 Å². The van der Waals surface area contributed by atoms with Gasteiger partial charge in [0.2, 0.25) is 0 Å². The van der Waals surface area contributed by atoms with Crippen LogP contribution in [-0.4, -0.2) is 65.7 Å². The zero-order valence-corrected chi connectivity index (χ0v) is 17.1. The molecule has 158 valence electrons. The minimum atomic E-state index is -0.650. The highest BCUT2D eigenvalue weighted by Gasteiger charge is 2.21. The topological polar surface area (TPSA) is 161 Å². The minimum absolute atomic E-state index is 0.0214. The molecule has 2 heterocycles. The highest BCUT2D eigenvalue weighted by atomic mass is 16.2. The van der Waals surface area contributed by atoms with Gasteiger partial charge in [-0.05, 0) is 6.92 Å². The van der Waals surface area contributed by atoms with Crippen molar-refractivity contribution in [2.75, 3.05) is 37.9 Å². The minimum Gasteiger partial charge on any atom is -0.382 e. The maximum atomic E-state index is 13.0. The average molecular weight is 412 g/mol. The van der Waals surface area contributed by atoms with Gasteiger partial charge in [-0.2, -0.15) is 0 Å². The molecular formula is C18H24N10O2. The quantitative estimate of drug-likeness (QED) is 0.282. The van der Waals surface area contributed by atoms with Crippen LogP contribution in [0.5, 0.6) is 0 Å². The Bertz CT molecular complexity index is 945. The van der Waals surface area contributed by atoms with Gasteiger partial charge < -0.3 is 31.6 Å². The molecule has 30 heavy (non-hydrogen) atoms. The summed E-state index contributed by atoms with van der Waals surface area (Å²) in [5.41, 5.74) is 0.499. The largest absolute Gasteiger partial charge is 0.382 e. The summed E-state index contributed by atoms with van der Waals surface area (Å²) in [5.74, 6) is -0.478. The second kappa shape index (κ2) is 10.5. The molecule has 0 aromatic carbocycles. The predicted octanol–water partition coefficient (Wildman–Crippen LogP) is 0.0227. The number of allylic oxidation sites excluding steroid dienone is 1. The first-order valence-electron chi connectivity index (χ1n) is 9.01. The normalized spacial score (nSPS) is 11.1. The van der Waals surface area contributed by atoms with E-state index in [4.69, 9.17) is 5.41 Å². The molecule has 0 bridgehead atoms. The van der Waals surface area contributed by atoms with E-state index in [0.29, 0.717) is 18.1 Å². The number of hydrogen-bond donors (Lipinski definition) is 5. The molecule has 0 aliphatic rings. The number of aromatic nitrogens is 4. The fourth-order valence-electron chi connectivity index (χ4n) is 2.32. The van der Waals surface area contributed by atoms with Crippen LogP contribution in [-0.2, 0) is 4.79 Å². The van der Waals surface area contributed by atoms with Gasteiger partial charge in [0.1, 0.15) is 17.8 Å². The molecule has 0 aliphatic carbocycles. The van der Waals surface area contributed by atoms with Gasteiger partial charge in [-0.1, -0.05) is 0 Å². The Hall–Kier alpha value is -4.09. The van der Waals surface area contributed by atoms with E-state index in [1.54, 1.807) is 0 Å². The zero-order chi connectivity index (χ0) is 22.1. The van der Waals surface area contributed by atoms with Crippen LogP contribution in [0.2, 0.25) is 0 Å². The van der Waals surface area contributed by atoms with Crippen LogP contribution < -0.4 is 26.2 Å². The molecule has 2 aromatic heterocycles. The first-order chi connectivity index (χ1) is 14.4. The van der Waals surface area contributed by atoms with Crippen molar-refractivity contribution in [2.24, 2.45) is 0 Å². The van der Waals surface area contributed by atoms with Gasteiger partial charge in [-0.3, -0.25) is 9.59 Å². The molecule has 12 nitrogen and oxygen atoms in total. The molecule has 0 aliphatic heterocycles. The lowest BCUT2D eigenvalue weighted by molar-refractivity contribution is -0.117. The fourth-order valence-corrected chi connectivity index (χ4v) is 2.32. The van der Waals surface area contributed by atoms with Crippen molar-refractivity contribution < 1.29 is 9.59 Å². The summed E-state index contributed by atoms with van der Waals surface area (Å²) in [4.78, 5) is 43.4. The molecule has 2 rings (SSSR count). The molecule has 2 amide bonds. The maximum absolute atomic E-state index is 13.0. The van der Waals surface area contributed by atoms with Crippen molar-refractivity contribution in [3.05, 3.63) is 42.0 Å². The molecule has 0 saturated carbocycles. The Kier molecular flexibility index (Phi) is 7.74. The van der Waals surface area contributed by atoms with Gasteiger partial charge in [-0.25, -0.2) is 19.9 Å². The lowest BCUT2D eigenvalue weighted by Crippen LogP contribution is -2.35. The standard InChI is InChI=1S/C18H24N10O2/c1-5-28(4)13-9-24-16(25-11-7-22-10-23-8-11)15(27-13)18(30)26-12(6-19)14(20-2)17(29)21-3/h6-10,19-20H,5H2,1-4H3,(H,21,29)(H,24,25)(H,26,30)/b14-12+,19-6?. The number of anilines is 3. The van der Waals surface area contributed by atoms with Gasteiger partial charge >= 0.3 is 0 Å². The number of nitrogens with zero attached hydrogens (tertiary/aromatic N) is 5. The second-order valence-corrected chi connectivity index (χ2v) is 5.91. The highest BCUT2D eigenvalue weighted by Crippen LogP contribution is 2.19. The lowest BCUT2D eigenvalue weighted by atomic mass is 10.2. The Labute approximate surface area is 173 Å². The summed E-state index contributed by atoms with van der Waals surface area (Å²) < 4.78 is 0. The van der Waals surface area contributed by atoms with Gasteiger partial charge in [0.25, 0.3) is 11.8 Å². The van der Waals surface area contributed by atoms with E-state index in [-0.39, 0.29) is 22.9 Å². The fraction of sp³-hybridized carbons (Fsp3) is 0.278. The summed E-state index contributed by atoms with van der Waals surface area (Å²) in [6.45, 7) is 2.59. The predicted molar refractivity (Wildman–Crippen MR) is 113 cm³/mol. The van der Waals surface area contributed by atoms with Crippen LogP contribution >= 0.6 is 0 Å². The summed E-state index contributed by atoms with van der Waals surface area (Å²) in [5, 5.41) is 18.2. The van der Waals surface area contributed by atoms with Crippen LogP contribution in [0.25, 0.3) is 0 Å². The van der Waals surface area contributed by atoms with Crippen molar-refractivity contribution >= 4 is 35.4 Å². The van der Waals surface area contributed by atoms with E-state index < -0.39 is 11.8 Å². The molecule has 12 heteroatoms. The van der Waals surface area contributed by atoms with E-state index in [2.05, 4.69) is 41.2 Å². The van der Waals surface area contributed by atoms with E-state index in [1.165, 1.54) is 39.0 Å². The van der Waals surface area contributed by atoms with Gasteiger partial charge in [0.05, 0.1) is 30.0 Å². The average Bonchev–Trinajstić information content (AvgIpc) is 2.78. The van der Waals surface area contributed by atoms with Crippen molar-refractivity contribution in [1.82, 2.24) is 35.9 Å². The van der Waals surface area contributed by atoms with Crippen LogP contribution in [0, 0.1) is 5.41 Å². The molecular weight excluding hydrogens is 388 g/mol. The smallest absolute Gasteiger partial charge is 0.278 e. The number of carbonyl (C=O) groups excluding carboxylic acids is 2. The van der Waals surface area contributed by atoms with Gasteiger partial charge in [-0.15, -0.1) is 0 Å². The SMILES string of the molecule is CCN(C)c1cnc(Nc2cncnc2)c(C(=O)N/C(C=N)=C(/NC)C(=O)NC)n1. The first kappa shape index (κ1) is 22.2. The van der Waals surface area contributed by atoms with Crippen molar-refractivity contribution in [2.45, 2.75) is 6.92 Å². The third-order valence-corrected chi connectivity index (χ3v) is 4.03. The molecule has 0 fully saturated rings. The number of hydrogen-bond acceptors (Lipinski definition) is 10. The van der Waals surface area contributed by atoms with Gasteiger partial charge in [0, 0.05) is 33.9 Å². The van der Waals surface area contributed by atoms with Crippen molar-refractivity contribution in [3.8, 4) is 0 Å². The first-order valence-corrected chi connectivity index (χ1v) is 9.01. The molecule has 0 saturated heterocycles. The number of rotatable bonds is 9. The Morgan fingerprint density at radius 2 is 1.87 bits per heavy atom. The molecule has 0 spiro atoms. The number of amides is 2. The van der Waals surface area contributed by atoms with Crippen LogP contribution in [0.4, 0.5) is 17.3 Å². The van der Waals surface area contributed by atoms with Crippen molar-refractivity contribution in [1.29, 1.82) is 5.41 Å². The highest BCUT2D eigenvalue weighted by molar-refractivity contribution is 6.05. The molecule has 0 unspecified atom stereocenters. The third kappa shape index (κ3) is 5.25. The van der Waals surface area contributed by atoms with Crippen molar-refractivity contribution in [3.63, 3.8) is 0 Å². The molecule has 0 radical (unpaired) electrons. The van der Waals surface area contributed by atoms with E-state index in [1.807, 2.05) is 18.9 Å². The van der Waals surface area contributed by atoms with Crippen LogP contribution in [0.3, 0.4) is 0 Å². The Balaban J connectivity index is 2.47. The van der Waals surface area contributed by atoms with Crippen LogP contribution in [0.15, 0.2) is 36.3 Å². The lowest BCUT2D eigenvalue weighted by Gasteiger charge is -2.18. The Morgan fingerprint density at radius 3 is 2.43 bits per heavy atom. The Morgan fingerprint density at radius 1 is 1.17 bits per heavy atom. The second-order valence-electron chi connectivity index (χ2n) is 5.91. The molecule has 0 atom stereocenters. The summed E-state index contributed by atoms with van der Waals surface area (Å²) in [6, 6.07) is 0. The summed E-state index contributed by atoms with van der Waals surface area (Å²) in [6.07, 6.45) is 6.82. The van der Waals surface area contributed by atoms with E-state index in [9.17, 15) is 9.59 Å². The monoisotopic (exact) mass is 412 g/mol. The number of likely N-dealkylation sites (N-methyl/N-ethyl adjacent to an activating group) is 2. The molecule has 2 aromatic rings. The molecule has 5 N–H and O–H groups in total. The third-order valence-electron chi connectivity index (χ3n) is 4.03. The zero-order valence-electron chi connectivity index (χ0n) is 17.1. The van der Waals surface area contributed by atoms with E-state index >= 15 is 0 Å².